The molecule has 1 unspecified atom stereocenters. The first-order valence-electron chi connectivity index (χ1n) is 7.32. The molecular formula is C18H24N2O. The molecule has 3 nitrogen and oxygen atoms in total. The van der Waals surface area contributed by atoms with Gasteiger partial charge in [0, 0.05) is 13.1 Å². The highest BCUT2D eigenvalue weighted by Crippen LogP contribution is 2.18. The van der Waals surface area contributed by atoms with Gasteiger partial charge < -0.3 is 15.7 Å². The Morgan fingerprint density at radius 2 is 1.57 bits per heavy atom. The second-order valence-electron chi connectivity index (χ2n) is 5.65. The number of nitrogens with two attached hydrogens (primary N) is 1. The van der Waals surface area contributed by atoms with Gasteiger partial charge in [-0.2, -0.15) is 0 Å². The molecule has 0 saturated heterocycles. The number of benzene rings is 2. The SMILES string of the molecule is CN(CCc1ccccc1)CC(N)(CO)c1ccccc1. The monoisotopic (exact) mass is 284 g/mol. The van der Waals surface area contributed by atoms with Crippen LogP contribution in [0.3, 0.4) is 0 Å². The van der Waals surface area contributed by atoms with Crippen molar-refractivity contribution < 1.29 is 5.11 Å². The van der Waals surface area contributed by atoms with Crippen LogP contribution in [-0.4, -0.2) is 36.8 Å². The number of hydrogen-bond donors (Lipinski definition) is 2. The molecule has 0 spiro atoms. The van der Waals surface area contributed by atoms with E-state index in [1.807, 2.05) is 43.4 Å². The van der Waals surface area contributed by atoms with Crippen LogP contribution < -0.4 is 5.73 Å². The summed E-state index contributed by atoms with van der Waals surface area (Å²) in [6, 6.07) is 20.2. The highest BCUT2D eigenvalue weighted by atomic mass is 16.3. The molecule has 0 aromatic heterocycles. The van der Waals surface area contributed by atoms with E-state index in [2.05, 4.69) is 29.2 Å². The summed E-state index contributed by atoms with van der Waals surface area (Å²) < 4.78 is 0. The van der Waals surface area contributed by atoms with Gasteiger partial charge in [-0.15, -0.1) is 0 Å². The maximum atomic E-state index is 9.72. The second kappa shape index (κ2) is 7.36. The Balaban J connectivity index is 1.95. The quantitative estimate of drug-likeness (QED) is 0.817. The number of rotatable bonds is 7. The van der Waals surface area contributed by atoms with Gasteiger partial charge in [0.2, 0.25) is 0 Å². The van der Waals surface area contributed by atoms with E-state index in [0.29, 0.717) is 6.54 Å². The van der Waals surface area contributed by atoms with Gasteiger partial charge in [-0.1, -0.05) is 60.7 Å². The van der Waals surface area contributed by atoms with E-state index in [1.165, 1.54) is 5.56 Å². The lowest BCUT2D eigenvalue weighted by molar-refractivity contribution is 0.151. The van der Waals surface area contributed by atoms with E-state index in [4.69, 9.17) is 5.73 Å². The van der Waals surface area contributed by atoms with Crippen molar-refractivity contribution in [2.75, 3.05) is 26.7 Å². The van der Waals surface area contributed by atoms with Gasteiger partial charge >= 0.3 is 0 Å². The van der Waals surface area contributed by atoms with E-state index in [0.717, 1.165) is 18.5 Å². The van der Waals surface area contributed by atoms with Gasteiger partial charge in [0.15, 0.2) is 0 Å². The second-order valence-corrected chi connectivity index (χ2v) is 5.65. The van der Waals surface area contributed by atoms with Crippen molar-refractivity contribution in [3.63, 3.8) is 0 Å². The first-order valence-corrected chi connectivity index (χ1v) is 7.32. The molecule has 1 atom stereocenters. The van der Waals surface area contributed by atoms with Crippen LogP contribution in [0.1, 0.15) is 11.1 Å². The molecule has 0 saturated carbocycles. The van der Waals surface area contributed by atoms with Crippen LogP contribution in [0.2, 0.25) is 0 Å². The van der Waals surface area contributed by atoms with Crippen molar-refractivity contribution in [1.82, 2.24) is 4.90 Å². The average Bonchev–Trinajstić information content (AvgIpc) is 2.54. The van der Waals surface area contributed by atoms with E-state index >= 15 is 0 Å². The van der Waals surface area contributed by atoms with Crippen LogP contribution >= 0.6 is 0 Å². The minimum Gasteiger partial charge on any atom is -0.394 e. The zero-order valence-electron chi connectivity index (χ0n) is 12.6. The van der Waals surface area contributed by atoms with Gasteiger partial charge in [-0.05, 0) is 24.6 Å². The number of likely N-dealkylation sites (N-methyl/N-ethyl adjacent to an activating group) is 1. The third-order valence-electron chi connectivity index (χ3n) is 3.81. The standard InChI is InChI=1S/C18H24N2O/c1-20(13-12-16-8-4-2-5-9-16)14-18(19,15-21)17-10-6-3-7-11-17/h2-11,21H,12-15,19H2,1H3. The summed E-state index contributed by atoms with van der Waals surface area (Å²) >= 11 is 0. The van der Waals surface area contributed by atoms with Crippen LogP contribution in [0.4, 0.5) is 0 Å². The summed E-state index contributed by atoms with van der Waals surface area (Å²) in [6.45, 7) is 1.48. The summed E-state index contributed by atoms with van der Waals surface area (Å²) in [5.41, 5.74) is 7.97. The van der Waals surface area contributed by atoms with Crippen LogP contribution in [-0.2, 0) is 12.0 Å². The summed E-state index contributed by atoms with van der Waals surface area (Å²) in [4.78, 5) is 2.18. The molecule has 0 aliphatic carbocycles. The minimum absolute atomic E-state index is 0.0628. The lowest BCUT2D eigenvalue weighted by Crippen LogP contribution is -2.49. The molecular weight excluding hydrogens is 260 g/mol. The summed E-state index contributed by atoms with van der Waals surface area (Å²) in [6.07, 6.45) is 0.980. The van der Waals surface area contributed by atoms with E-state index in [1.54, 1.807) is 0 Å². The molecule has 112 valence electrons. The van der Waals surface area contributed by atoms with Crippen LogP contribution in [0, 0.1) is 0 Å². The molecule has 0 fully saturated rings. The third-order valence-corrected chi connectivity index (χ3v) is 3.81. The van der Waals surface area contributed by atoms with E-state index < -0.39 is 5.54 Å². The zero-order chi connectivity index (χ0) is 15.1. The average molecular weight is 284 g/mol. The molecule has 0 bridgehead atoms. The molecule has 2 aromatic rings. The molecule has 2 aromatic carbocycles. The number of nitrogens with zero attached hydrogens (tertiary/aromatic N) is 1. The molecule has 0 aliphatic rings. The Bertz CT molecular complexity index is 529. The zero-order valence-corrected chi connectivity index (χ0v) is 12.6. The van der Waals surface area contributed by atoms with Crippen molar-refractivity contribution in [2.24, 2.45) is 5.73 Å². The van der Waals surface area contributed by atoms with Gasteiger partial charge in [0.05, 0.1) is 12.1 Å². The molecule has 0 heterocycles. The summed E-state index contributed by atoms with van der Waals surface area (Å²) in [7, 11) is 2.04. The molecule has 21 heavy (non-hydrogen) atoms. The highest BCUT2D eigenvalue weighted by Gasteiger charge is 2.27. The molecule has 2 rings (SSSR count). The lowest BCUT2D eigenvalue weighted by Gasteiger charge is -2.32. The van der Waals surface area contributed by atoms with Crippen molar-refractivity contribution in [3.8, 4) is 0 Å². The van der Waals surface area contributed by atoms with Crippen molar-refractivity contribution in [2.45, 2.75) is 12.0 Å². The van der Waals surface area contributed by atoms with Crippen molar-refractivity contribution in [1.29, 1.82) is 0 Å². The number of aliphatic hydroxyl groups excluding tert-OH is 1. The highest BCUT2D eigenvalue weighted by molar-refractivity contribution is 5.24. The lowest BCUT2D eigenvalue weighted by atomic mass is 9.91. The molecule has 3 heteroatoms. The Labute approximate surface area is 127 Å². The van der Waals surface area contributed by atoms with Crippen molar-refractivity contribution in [3.05, 3.63) is 71.8 Å². The normalized spacial score (nSPS) is 14.1. The molecule has 3 N–H and O–H groups in total. The largest absolute Gasteiger partial charge is 0.394 e. The smallest absolute Gasteiger partial charge is 0.0772 e. The maximum Gasteiger partial charge on any atom is 0.0772 e. The first kappa shape index (κ1) is 15.7. The molecule has 0 radical (unpaired) electrons. The topological polar surface area (TPSA) is 49.5 Å². The predicted molar refractivity (Wildman–Crippen MR) is 87.0 cm³/mol. The fourth-order valence-electron chi connectivity index (χ4n) is 2.53. The van der Waals surface area contributed by atoms with E-state index in [9.17, 15) is 5.11 Å². The maximum absolute atomic E-state index is 9.72. The van der Waals surface area contributed by atoms with Gasteiger partial charge in [0.1, 0.15) is 0 Å². The van der Waals surface area contributed by atoms with Gasteiger partial charge in [-0.25, -0.2) is 0 Å². The number of aliphatic hydroxyl groups is 1. The Morgan fingerprint density at radius 1 is 1.00 bits per heavy atom. The van der Waals surface area contributed by atoms with Gasteiger partial charge in [0.25, 0.3) is 0 Å². The predicted octanol–water partition coefficient (Wildman–Crippen LogP) is 2.01. The Hall–Kier alpha value is -1.68. The van der Waals surface area contributed by atoms with E-state index in [-0.39, 0.29) is 6.61 Å². The summed E-state index contributed by atoms with van der Waals surface area (Å²) in [5, 5.41) is 9.72. The van der Waals surface area contributed by atoms with Crippen LogP contribution in [0.15, 0.2) is 60.7 Å². The molecule has 0 aliphatic heterocycles. The van der Waals surface area contributed by atoms with Crippen LogP contribution in [0.5, 0.6) is 0 Å². The Morgan fingerprint density at radius 3 is 2.14 bits per heavy atom. The van der Waals surface area contributed by atoms with Crippen LogP contribution in [0.25, 0.3) is 0 Å². The Kier molecular flexibility index (Phi) is 5.51. The fraction of sp³-hybridized carbons (Fsp3) is 0.333. The van der Waals surface area contributed by atoms with Gasteiger partial charge in [-0.3, -0.25) is 0 Å². The minimum atomic E-state index is -0.716. The fourth-order valence-corrected chi connectivity index (χ4v) is 2.53. The molecule has 0 amide bonds. The third kappa shape index (κ3) is 4.39. The number of hydrogen-bond acceptors (Lipinski definition) is 3. The van der Waals surface area contributed by atoms with Crippen molar-refractivity contribution >= 4 is 0 Å². The first-order chi connectivity index (χ1) is 10.1. The summed E-state index contributed by atoms with van der Waals surface area (Å²) in [5.74, 6) is 0.